The lowest BCUT2D eigenvalue weighted by molar-refractivity contribution is 0.101. The Kier molecular flexibility index (Phi) is 4.74. The smallest absolute Gasteiger partial charge is 0.161 e. The minimum atomic E-state index is 0.0493. The fourth-order valence-corrected chi connectivity index (χ4v) is 2.08. The lowest BCUT2D eigenvalue weighted by Gasteiger charge is -1.99. The maximum Gasteiger partial charge on any atom is 0.161 e. The van der Waals surface area contributed by atoms with Crippen LogP contribution in [0.3, 0.4) is 0 Å². The van der Waals surface area contributed by atoms with Crippen molar-refractivity contribution < 1.29 is 4.79 Å². The van der Waals surface area contributed by atoms with Crippen LogP contribution in [0.4, 0.5) is 0 Å². The fraction of sp³-hybridized carbons (Fsp3) is 0.211. The SMILES string of the molecule is CCCc1ccc(C#Cc2ccccc2C(C)=O)cc1. The zero-order valence-corrected chi connectivity index (χ0v) is 11.9. The zero-order chi connectivity index (χ0) is 14.4. The van der Waals surface area contributed by atoms with Gasteiger partial charge < -0.3 is 0 Å². The molecule has 0 fully saturated rings. The molecule has 0 amide bonds. The number of hydrogen-bond acceptors (Lipinski definition) is 1. The van der Waals surface area contributed by atoms with Crippen LogP contribution in [-0.2, 0) is 6.42 Å². The molecular weight excluding hydrogens is 244 g/mol. The van der Waals surface area contributed by atoms with E-state index in [-0.39, 0.29) is 5.78 Å². The van der Waals surface area contributed by atoms with Gasteiger partial charge in [-0.05, 0) is 37.1 Å². The summed E-state index contributed by atoms with van der Waals surface area (Å²) in [4.78, 5) is 11.5. The minimum Gasteiger partial charge on any atom is -0.294 e. The average molecular weight is 262 g/mol. The molecule has 0 unspecified atom stereocenters. The normalized spacial score (nSPS) is 9.70. The molecule has 0 N–H and O–H groups in total. The van der Waals surface area contributed by atoms with Crippen LogP contribution in [-0.4, -0.2) is 5.78 Å². The Morgan fingerprint density at radius 2 is 1.70 bits per heavy atom. The van der Waals surface area contributed by atoms with Crippen LogP contribution < -0.4 is 0 Å². The van der Waals surface area contributed by atoms with Crippen LogP contribution in [0.5, 0.6) is 0 Å². The maximum atomic E-state index is 11.5. The average Bonchev–Trinajstić information content (AvgIpc) is 2.47. The first-order valence-corrected chi connectivity index (χ1v) is 6.91. The fourth-order valence-electron chi connectivity index (χ4n) is 2.08. The van der Waals surface area contributed by atoms with Crippen LogP contribution in [0.2, 0.25) is 0 Å². The monoisotopic (exact) mass is 262 g/mol. The van der Waals surface area contributed by atoms with Gasteiger partial charge in [0.25, 0.3) is 0 Å². The molecule has 2 rings (SSSR count). The van der Waals surface area contributed by atoms with E-state index in [0.29, 0.717) is 5.56 Å². The second kappa shape index (κ2) is 6.73. The first-order chi connectivity index (χ1) is 9.70. The lowest BCUT2D eigenvalue weighted by Crippen LogP contribution is -1.95. The molecule has 0 saturated heterocycles. The molecule has 1 heteroatoms. The van der Waals surface area contributed by atoms with Crippen LogP contribution in [0.1, 0.15) is 47.3 Å². The van der Waals surface area contributed by atoms with Gasteiger partial charge in [-0.25, -0.2) is 0 Å². The van der Waals surface area contributed by atoms with Gasteiger partial charge in [0.2, 0.25) is 0 Å². The number of Topliss-reactive ketones (excluding diaryl/α,β-unsaturated/α-hetero) is 1. The van der Waals surface area contributed by atoms with Crippen molar-refractivity contribution in [3.8, 4) is 11.8 Å². The van der Waals surface area contributed by atoms with Crippen LogP contribution in [0.25, 0.3) is 0 Å². The molecule has 2 aromatic rings. The number of carbonyl (C=O) groups excluding carboxylic acids is 1. The van der Waals surface area contributed by atoms with Crippen molar-refractivity contribution >= 4 is 5.78 Å². The molecule has 2 aromatic carbocycles. The number of hydrogen-bond donors (Lipinski definition) is 0. The third-order valence-electron chi connectivity index (χ3n) is 3.14. The van der Waals surface area contributed by atoms with E-state index in [1.807, 2.05) is 36.4 Å². The third kappa shape index (κ3) is 3.59. The van der Waals surface area contributed by atoms with E-state index >= 15 is 0 Å². The number of carbonyl (C=O) groups is 1. The van der Waals surface area contributed by atoms with Crippen molar-refractivity contribution in [2.45, 2.75) is 26.7 Å². The summed E-state index contributed by atoms with van der Waals surface area (Å²) in [5, 5.41) is 0. The van der Waals surface area contributed by atoms with Crippen molar-refractivity contribution in [3.05, 3.63) is 70.8 Å². The standard InChI is InChI=1S/C19H18O/c1-3-6-16-9-11-17(12-10-16)13-14-18-7-4-5-8-19(18)15(2)20/h4-5,7-12H,3,6H2,1-2H3. The van der Waals surface area contributed by atoms with E-state index in [4.69, 9.17) is 0 Å². The number of benzene rings is 2. The Morgan fingerprint density at radius 1 is 1.00 bits per heavy atom. The molecule has 0 aromatic heterocycles. The number of ketones is 1. The summed E-state index contributed by atoms with van der Waals surface area (Å²) in [6.07, 6.45) is 2.25. The van der Waals surface area contributed by atoms with Gasteiger partial charge in [0.1, 0.15) is 0 Å². The van der Waals surface area contributed by atoms with Gasteiger partial charge in [0, 0.05) is 16.7 Å². The van der Waals surface area contributed by atoms with Crippen molar-refractivity contribution in [1.29, 1.82) is 0 Å². The first kappa shape index (κ1) is 14.1. The second-order valence-corrected chi connectivity index (χ2v) is 4.80. The first-order valence-electron chi connectivity index (χ1n) is 6.91. The Bertz CT molecular complexity index is 654. The third-order valence-corrected chi connectivity index (χ3v) is 3.14. The summed E-state index contributed by atoms with van der Waals surface area (Å²) in [6.45, 7) is 3.74. The Labute approximate surface area is 120 Å². The van der Waals surface area contributed by atoms with Gasteiger partial charge >= 0.3 is 0 Å². The van der Waals surface area contributed by atoms with E-state index in [0.717, 1.165) is 24.0 Å². The predicted octanol–water partition coefficient (Wildman–Crippen LogP) is 4.24. The van der Waals surface area contributed by atoms with Gasteiger partial charge in [-0.15, -0.1) is 0 Å². The van der Waals surface area contributed by atoms with E-state index < -0.39 is 0 Å². The minimum absolute atomic E-state index is 0.0493. The highest BCUT2D eigenvalue weighted by atomic mass is 16.1. The molecule has 20 heavy (non-hydrogen) atoms. The van der Waals surface area contributed by atoms with Crippen molar-refractivity contribution in [2.75, 3.05) is 0 Å². The van der Waals surface area contributed by atoms with E-state index in [9.17, 15) is 4.79 Å². The van der Waals surface area contributed by atoms with Crippen LogP contribution >= 0.6 is 0 Å². The predicted molar refractivity (Wildman–Crippen MR) is 82.9 cm³/mol. The van der Waals surface area contributed by atoms with Gasteiger partial charge in [-0.1, -0.05) is 55.5 Å². The van der Waals surface area contributed by atoms with Crippen molar-refractivity contribution in [2.24, 2.45) is 0 Å². The molecule has 0 bridgehead atoms. The van der Waals surface area contributed by atoms with Crippen LogP contribution in [0.15, 0.2) is 48.5 Å². The summed E-state index contributed by atoms with van der Waals surface area (Å²) in [7, 11) is 0. The molecule has 0 aliphatic carbocycles. The summed E-state index contributed by atoms with van der Waals surface area (Å²) in [5.41, 5.74) is 3.78. The highest BCUT2D eigenvalue weighted by Crippen LogP contribution is 2.09. The largest absolute Gasteiger partial charge is 0.294 e. The Hall–Kier alpha value is -2.33. The summed E-state index contributed by atoms with van der Waals surface area (Å²) in [5.74, 6) is 6.26. The molecule has 1 nitrogen and oxygen atoms in total. The molecule has 0 saturated carbocycles. The maximum absolute atomic E-state index is 11.5. The molecule has 0 heterocycles. The molecule has 0 atom stereocenters. The highest BCUT2D eigenvalue weighted by molar-refractivity contribution is 5.96. The van der Waals surface area contributed by atoms with Gasteiger partial charge in [0.05, 0.1) is 0 Å². The number of aryl methyl sites for hydroxylation is 1. The van der Waals surface area contributed by atoms with Crippen LogP contribution in [0, 0.1) is 11.8 Å². The molecule has 0 aliphatic rings. The van der Waals surface area contributed by atoms with E-state index in [1.54, 1.807) is 6.92 Å². The highest BCUT2D eigenvalue weighted by Gasteiger charge is 2.03. The molecule has 0 radical (unpaired) electrons. The summed E-state index contributed by atoms with van der Waals surface area (Å²) >= 11 is 0. The lowest BCUT2D eigenvalue weighted by atomic mass is 10.0. The van der Waals surface area contributed by atoms with Gasteiger partial charge in [-0.3, -0.25) is 4.79 Å². The van der Waals surface area contributed by atoms with Crippen molar-refractivity contribution in [3.63, 3.8) is 0 Å². The molecule has 100 valence electrons. The Balaban J connectivity index is 2.24. The van der Waals surface area contributed by atoms with Gasteiger partial charge in [0.15, 0.2) is 5.78 Å². The zero-order valence-electron chi connectivity index (χ0n) is 11.9. The molecule has 0 aliphatic heterocycles. The van der Waals surface area contributed by atoms with Gasteiger partial charge in [-0.2, -0.15) is 0 Å². The van der Waals surface area contributed by atoms with Crippen molar-refractivity contribution in [1.82, 2.24) is 0 Å². The van der Waals surface area contributed by atoms with E-state index in [2.05, 4.69) is 30.9 Å². The topological polar surface area (TPSA) is 17.1 Å². The van der Waals surface area contributed by atoms with E-state index in [1.165, 1.54) is 5.56 Å². The quantitative estimate of drug-likeness (QED) is 0.597. The summed E-state index contributed by atoms with van der Waals surface area (Å²) in [6, 6.07) is 15.8. The molecule has 0 spiro atoms. The molecular formula is C19H18O. The Morgan fingerprint density at radius 3 is 2.35 bits per heavy atom. The second-order valence-electron chi connectivity index (χ2n) is 4.80. The number of rotatable bonds is 3. The summed E-state index contributed by atoms with van der Waals surface area (Å²) < 4.78 is 0.